The Balaban J connectivity index is 2.70. The summed E-state index contributed by atoms with van der Waals surface area (Å²) in [5, 5.41) is 22.4. The summed E-state index contributed by atoms with van der Waals surface area (Å²) in [7, 11) is 0. The van der Waals surface area contributed by atoms with E-state index in [0.29, 0.717) is 0 Å². The lowest BCUT2D eigenvalue weighted by Crippen LogP contribution is -2.42. The molecule has 3 N–H and O–H groups in total. The highest BCUT2D eigenvalue weighted by Gasteiger charge is 2.25. The normalized spacial score (nSPS) is 11.8. The summed E-state index contributed by atoms with van der Waals surface area (Å²) in [6.45, 7) is 1.45. The highest BCUT2D eigenvalue weighted by Crippen LogP contribution is 1.98. The number of hydrogen-bond donors (Lipinski definition) is 3. The predicted molar refractivity (Wildman–Crippen MR) is 50.2 cm³/mol. The molecule has 0 unspecified atom stereocenters. The van der Waals surface area contributed by atoms with Gasteiger partial charge in [-0.15, -0.1) is 0 Å². The molecular weight excluding hydrogens is 234 g/mol. The fraction of sp³-hybridized carbons (Fsp3) is 0.375. The number of carbonyl (C=O) groups excluding carboxylic acids is 1. The van der Waals surface area contributed by atoms with Gasteiger partial charge in [-0.25, -0.2) is 4.79 Å². The second kappa shape index (κ2) is 5.05. The molecule has 92 valence electrons. The number of carboxylic acids is 2. The third kappa shape index (κ3) is 3.55. The first-order chi connectivity index (χ1) is 7.90. The van der Waals surface area contributed by atoms with Crippen molar-refractivity contribution in [3.05, 3.63) is 11.7 Å². The van der Waals surface area contributed by atoms with Gasteiger partial charge in [-0.05, 0) is 0 Å². The largest absolute Gasteiger partial charge is 0.481 e. The third-order valence-electron chi connectivity index (χ3n) is 1.71. The zero-order chi connectivity index (χ0) is 13.0. The molecule has 0 radical (unpaired) electrons. The zero-order valence-electron chi connectivity index (χ0n) is 8.71. The molecule has 0 saturated heterocycles. The van der Waals surface area contributed by atoms with Gasteiger partial charge in [0, 0.05) is 6.92 Å². The molecule has 0 fully saturated rings. The molecule has 0 aliphatic heterocycles. The van der Waals surface area contributed by atoms with Crippen LogP contribution in [0.1, 0.15) is 22.9 Å². The lowest BCUT2D eigenvalue weighted by atomic mass is 10.2. The molecule has 1 atom stereocenters. The van der Waals surface area contributed by atoms with E-state index in [4.69, 9.17) is 10.2 Å². The molecule has 1 aromatic heterocycles. The monoisotopic (exact) mass is 243 g/mol. The van der Waals surface area contributed by atoms with Crippen molar-refractivity contribution in [2.45, 2.75) is 19.4 Å². The van der Waals surface area contributed by atoms with E-state index in [1.165, 1.54) is 6.92 Å². The molecule has 0 bridgehead atoms. The van der Waals surface area contributed by atoms with E-state index in [0.717, 1.165) is 0 Å². The van der Waals surface area contributed by atoms with Crippen molar-refractivity contribution in [1.29, 1.82) is 0 Å². The van der Waals surface area contributed by atoms with E-state index >= 15 is 0 Å². The molecule has 0 spiro atoms. The number of hydrogen-bond acceptors (Lipinski definition) is 6. The van der Waals surface area contributed by atoms with Crippen LogP contribution in [-0.2, 0) is 9.59 Å². The van der Waals surface area contributed by atoms with Crippen molar-refractivity contribution in [3.63, 3.8) is 0 Å². The van der Waals surface area contributed by atoms with E-state index in [9.17, 15) is 14.4 Å². The topological polar surface area (TPSA) is 143 Å². The summed E-state index contributed by atoms with van der Waals surface area (Å²) in [5.74, 6) is -3.92. The van der Waals surface area contributed by atoms with Crippen LogP contribution in [0.15, 0.2) is 4.52 Å². The number of aryl methyl sites for hydroxylation is 1. The number of carbonyl (C=O) groups is 3. The Morgan fingerprint density at radius 1 is 1.41 bits per heavy atom. The Morgan fingerprint density at radius 3 is 2.47 bits per heavy atom. The zero-order valence-corrected chi connectivity index (χ0v) is 8.71. The Morgan fingerprint density at radius 2 is 2.06 bits per heavy atom. The van der Waals surface area contributed by atoms with Crippen LogP contribution < -0.4 is 5.32 Å². The van der Waals surface area contributed by atoms with Crippen LogP contribution in [0.4, 0.5) is 0 Å². The lowest BCUT2D eigenvalue weighted by molar-refractivity contribution is -0.145. The first-order valence-electron chi connectivity index (χ1n) is 4.46. The number of aromatic nitrogens is 2. The van der Waals surface area contributed by atoms with Crippen molar-refractivity contribution in [1.82, 2.24) is 15.5 Å². The van der Waals surface area contributed by atoms with Crippen LogP contribution in [0.3, 0.4) is 0 Å². The van der Waals surface area contributed by atoms with Gasteiger partial charge in [0.25, 0.3) is 11.7 Å². The Bertz CT molecular complexity index is 454. The Labute approximate surface area is 94.4 Å². The van der Waals surface area contributed by atoms with Crippen LogP contribution in [-0.4, -0.2) is 44.2 Å². The molecule has 1 amide bonds. The highest BCUT2D eigenvalue weighted by molar-refractivity contribution is 5.94. The number of aliphatic carboxylic acids is 2. The minimum atomic E-state index is -1.54. The Hall–Kier alpha value is -2.45. The van der Waals surface area contributed by atoms with E-state index in [-0.39, 0.29) is 11.7 Å². The van der Waals surface area contributed by atoms with Crippen LogP contribution in [0.25, 0.3) is 0 Å². The summed E-state index contributed by atoms with van der Waals surface area (Å²) in [6, 6.07) is -1.54. The second-order valence-electron chi connectivity index (χ2n) is 3.10. The standard InChI is InChI=1S/C8H9N3O6/c1-3-9-6(11-17-3)7(14)10-4(8(15)16)2-5(12)13/h4H,2H2,1H3,(H,10,14)(H,12,13)(H,15,16)/t4-/m0/s1. The van der Waals surface area contributed by atoms with Crippen molar-refractivity contribution >= 4 is 17.8 Å². The maximum absolute atomic E-state index is 11.4. The van der Waals surface area contributed by atoms with Gasteiger partial charge in [0.05, 0.1) is 6.42 Å². The van der Waals surface area contributed by atoms with E-state index in [1.54, 1.807) is 0 Å². The fourth-order valence-corrected chi connectivity index (χ4v) is 0.989. The molecule has 9 heteroatoms. The average Bonchev–Trinajstić information content (AvgIpc) is 2.63. The van der Waals surface area contributed by atoms with Crippen molar-refractivity contribution in [3.8, 4) is 0 Å². The van der Waals surface area contributed by atoms with E-state index in [1.807, 2.05) is 5.32 Å². The molecule has 1 heterocycles. The fourth-order valence-electron chi connectivity index (χ4n) is 0.989. The maximum Gasteiger partial charge on any atom is 0.326 e. The molecule has 9 nitrogen and oxygen atoms in total. The summed E-state index contributed by atoms with van der Waals surface area (Å²) in [5.41, 5.74) is 0. The first kappa shape index (κ1) is 12.6. The van der Waals surface area contributed by atoms with Crippen LogP contribution in [0, 0.1) is 6.92 Å². The Kier molecular flexibility index (Phi) is 3.75. The van der Waals surface area contributed by atoms with Gasteiger partial charge < -0.3 is 20.1 Å². The number of nitrogens with zero attached hydrogens (tertiary/aromatic N) is 2. The molecule has 0 aliphatic carbocycles. The smallest absolute Gasteiger partial charge is 0.326 e. The van der Waals surface area contributed by atoms with Gasteiger partial charge in [0.2, 0.25) is 5.89 Å². The molecule has 1 aromatic rings. The van der Waals surface area contributed by atoms with Crippen molar-refractivity contribution in [2.75, 3.05) is 0 Å². The van der Waals surface area contributed by atoms with Gasteiger partial charge in [-0.1, -0.05) is 5.16 Å². The molecule has 0 saturated carbocycles. The van der Waals surface area contributed by atoms with E-state index in [2.05, 4.69) is 14.7 Å². The number of amides is 1. The van der Waals surface area contributed by atoms with Gasteiger partial charge in [-0.3, -0.25) is 9.59 Å². The molecule has 17 heavy (non-hydrogen) atoms. The van der Waals surface area contributed by atoms with Crippen LogP contribution in [0.5, 0.6) is 0 Å². The predicted octanol–water partition coefficient (Wildman–Crippen LogP) is -0.964. The van der Waals surface area contributed by atoms with Crippen LogP contribution in [0.2, 0.25) is 0 Å². The molecular formula is C8H9N3O6. The summed E-state index contributed by atoms with van der Waals surface area (Å²) in [4.78, 5) is 36.0. The minimum absolute atomic E-state index is 0.139. The van der Waals surface area contributed by atoms with Crippen molar-refractivity contribution < 1.29 is 29.1 Å². The summed E-state index contributed by atoms with van der Waals surface area (Å²) < 4.78 is 4.52. The minimum Gasteiger partial charge on any atom is -0.481 e. The molecule has 1 rings (SSSR count). The number of carboxylic acid groups (broad SMARTS) is 2. The third-order valence-corrected chi connectivity index (χ3v) is 1.71. The molecule has 0 aromatic carbocycles. The van der Waals surface area contributed by atoms with Crippen LogP contribution >= 0.6 is 0 Å². The maximum atomic E-state index is 11.4. The van der Waals surface area contributed by atoms with Gasteiger partial charge >= 0.3 is 11.9 Å². The summed E-state index contributed by atoms with van der Waals surface area (Å²) in [6.07, 6.45) is -0.738. The van der Waals surface area contributed by atoms with Crippen molar-refractivity contribution in [2.24, 2.45) is 0 Å². The quantitative estimate of drug-likeness (QED) is 0.599. The average molecular weight is 243 g/mol. The van der Waals surface area contributed by atoms with Gasteiger partial charge in [0.15, 0.2) is 0 Å². The second-order valence-corrected chi connectivity index (χ2v) is 3.10. The molecule has 0 aliphatic rings. The highest BCUT2D eigenvalue weighted by atomic mass is 16.5. The van der Waals surface area contributed by atoms with E-state index < -0.39 is 30.3 Å². The van der Waals surface area contributed by atoms with Gasteiger partial charge in [0.1, 0.15) is 6.04 Å². The number of rotatable bonds is 5. The van der Waals surface area contributed by atoms with Gasteiger partial charge in [-0.2, -0.15) is 4.98 Å². The lowest BCUT2D eigenvalue weighted by Gasteiger charge is -2.10. The number of nitrogens with one attached hydrogen (secondary N) is 1. The summed E-state index contributed by atoms with van der Waals surface area (Å²) >= 11 is 0. The first-order valence-corrected chi connectivity index (χ1v) is 4.46. The SMILES string of the molecule is Cc1nc(C(=O)N[C@@H](CC(=O)O)C(=O)O)no1.